The van der Waals surface area contributed by atoms with Gasteiger partial charge in [-0.15, -0.1) is 0 Å². The normalized spacial score (nSPS) is 11.4. The summed E-state index contributed by atoms with van der Waals surface area (Å²) in [7, 11) is 0. The van der Waals surface area contributed by atoms with Gasteiger partial charge in [-0.25, -0.2) is 4.68 Å². The summed E-state index contributed by atoms with van der Waals surface area (Å²) in [5.41, 5.74) is 4.02. The average molecular weight is 413 g/mol. The quantitative estimate of drug-likeness (QED) is 0.449. The van der Waals surface area contributed by atoms with Crippen LogP contribution in [0.5, 0.6) is 0 Å². The molecule has 31 heavy (non-hydrogen) atoms. The summed E-state index contributed by atoms with van der Waals surface area (Å²) in [5, 5.41) is 11.3. The maximum Gasteiger partial charge on any atom is 0.260 e. The molecule has 0 aliphatic heterocycles. The number of carbonyl (C=O) groups excluding carboxylic acids is 1. The highest BCUT2D eigenvalue weighted by molar-refractivity contribution is 6.04. The molecule has 0 fully saturated rings. The van der Waals surface area contributed by atoms with Crippen molar-refractivity contribution in [3.05, 3.63) is 84.0 Å². The number of nitrogens with one attached hydrogen (secondary N) is 1. The second-order valence-electron chi connectivity index (χ2n) is 7.49. The lowest BCUT2D eigenvalue weighted by Crippen LogP contribution is -2.10. The fraction of sp³-hybridized carbons (Fsp3) is 0.167. The first-order chi connectivity index (χ1) is 15.0. The van der Waals surface area contributed by atoms with Crippen LogP contribution in [0.4, 0.5) is 5.69 Å². The van der Waals surface area contributed by atoms with Crippen LogP contribution >= 0.6 is 0 Å². The van der Waals surface area contributed by atoms with Crippen molar-refractivity contribution in [1.29, 1.82) is 0 Å². The number of benzene rings is 2. The summed E-state index contributed by atoms with van der Waals surface area (Å²) in [5.74, 6) is 0.909. The summed E-state index contributed by atoms with van der Waals surface area (Å²) < 4.78 is 7.18. The lowest BCUT2D eigenvalue weighted by atomic mass is 10.1. The van der Waals surface area contributed by atoms with Crippen molar-refractivity contribution in [3.63, 3.8) is 0 Å². The molecular weight excluding hydrogens is 390 g/mol. The van der Waals surface area contributed by atoms with E-state index < -0.39 is 0 Å². The molecule has 0 saturated heterocycles. The topological polar surface area (TPSA) is 85.8 Å². The minimum Gasteiger partial charge on any atom is -0.334 e. The van der Waals surface area contributed by atoms with Gasteiger partial charge in [-0.1, -0.05) is 49.3 Å². The van der Waals surface area contributed by atoms with Crippen molar-refractivity contribution in [2.75, 3.05) is 5.32 Å². The Morgan fingerprint density at radius 3 is 2.68 bits per heavy atom. The Labute approximate surface area is 180 Å². The van der Waals surface area contributed by atoms with Crippen LogP contribution in [0.15, 0.2) is 71.5 Å². The summed E-state index contributed by atoms with van der Waals surface area (Å²) >= 11 is 0. The second-order valence-corrected chi connectivity index (χ2v) is 7.49. The van der Waals surface area contributed by atoms with E-state index in [2.05, 4.69) is 20.6 Å². The summed E-state index contributed by atoms with van der Waals surface area (Å²) in [6, 6.07) is 15.5. The first-order valence-electron chi connectivity index (χ1n) is 10.0. The van der Waals surface area contributed by atoms with Gasteiger partial charge in [0.2, 0.25) is 5.91 Å². The van der Waals surface area contributed by atoms with E-state index in [0.717, 1.165) is 16.8 Å². The van der Waals surface area contributed by atoms with Gasteiger partial charge < -0.3 is 9.84 Å². The Hall–Kier alpha value is -4.00. The van der Waals surface area contributed by atoms with Crippen molar-refractivity contribution >= 4 is 17.7 Å². The number of anilines is 1. The number of aromatic nitrogens is 4. The minimum absolute atomic E-state index is 0.153. The molecular formula is C24H23N5O2. The predicted octanol–water partition coefficient (Wildman–Crippen LogP) is 5.01. The Morgan fingerprint density at radius 1 is 1.13 bits per heavy atom. The molecule has 156 valence electrons. The highest BCUT2D eigenvalue weighted by Gasteiger charge is 2.17. The van der Waals surface area contributed by atoms with Gasteiger partial charge in [-0.3, -0.25) is 4.79 Å². The summed E-state index contributed by atoms with van der Waals surface area (Å²) in [6.45, 7) is 5.92. The number of carbonyl (C=O) groups is 1. The number of para-hydroxylation sites is 2. The summed E-state index contributed by atoms with van der Waals surface area (Å²) in [4.78, 5) is 17.1. The lowest BCUT2D eigenvalue weighted by Gasteiger charge is -2.10. The molecule has 0 bridgehead atoms. The molecule has 0 aliphatic carbocycles. The number of amides is 1. The molecule has 0 unspecified atom stereocenters. The number of hydrogen-bond donors (Lipinski definition) is 1. The molecule has 2 heterocycles. The van der Waals surface area contributed by atoms with Crippen LogP contribution in [0.1, 0.15) is 36.7 Å². The van der Waals surface area contributed by atoms with Crippen molar-refractivity contribution in [3.8, 4) is 17.1 Å². The molecule has 4 rings (SSSR count). The molecule has 4 aromatic rings. The van der Waals surface area contributed by atoms with E-state index in [9.17, 15) is 4.79 Å². The van der Waals surface area contributed by atoms with Crippen LogP contribution in [0, 0.1) is 6.92 Å². The zero-order valence-electron chi connectivity index (χ0n) is 17.6. The maximum atomic E-state index is 12.6. The summed E-state index contributed by atoms with van der Waals surface area (Å²) in [6.07, 6.45) is 6.78. The second kappa shape index (κ2) is 8.79. The van der Waals surface area contributed by atoms with E-state index in [1.807, 2.05) is 75.5 Å². The molecule has 0 spiro atoms. The fourth-order valence-electron chi connectivity index (χ4n) is 3.07. The third-order valence-corrected chi connectivity index (χ3v) is 4.76. The van der Waals surface area contributed by atoms with Crippen LogP contribution < -0.4 is 5.32 Å². The van der Waals surface area contributed by atoms with E-state index in [0.29, 0.717) is 23.0 Å². The first kappa shape index (κ1) is 20.3. The minimum atomic E-state index is -0.258. The third-order valence-electron chi connectivity index (χ3n) is 4.76. The maximum absolute atomic E-state index is 12.6. The van der Waals surface area contributed by atoms with Gasteiger partial charge in [0.15, 0.2) is 5.82 Å². The van der Waals surface area contributed by atoms with Gasteiger partial charge in [-0.05, 0) is 36.8 Å². The van der Waals surface area contributed by atoms with Gasteiger partial charge >= 0.3 is 0 Å². The molecule has 0 atom stereocenters. The molecule has 1 amide bonds. The van der Waals surface area contributed by atoms with Gasteiger partial charge in [-0.2, -0.15) is 10.1 Å². The van der Waals surface area contributed by atoms with Crippen LogP contribution in [0.2, 0.25) is 0 Å². The number of hydrogen-bond acceptors (Lipinski definition) is 5. The largest absolute Gasteiger partial charge is 0.334 e. The number of aryl methyl sites for hydroxylation is 1. The average Bonchev–Trinajstić information content (AvgIpc) is 3.44. The van der Waals surface area contributed by atoms with E-state index in [1.54, 1.807) is 17.0 Å². The Kier molecular flexibility index (Phi) is 5.75. The molecule has 2 aromatic carbocycles. The number of rotatable bonds is 6. The Bertz CT molecular complexity index is 1220. The highest BCUT2D eigenvalue weighted by atomic mass is 16.5. The van der Waals surface area contributed by atoms with E-state index in [-0.39, 0.29) is 11.8 Å². The number of nitrogens with zero attached hydrogens (tertiary/aromatic N) is 4. The van der Waals surface area contributed by atoms with Crippen molar-refractivity contribution in [1.82, 2.24) is 19.9 Å². The van der Waals surface area contributed by atoms with Gasteiger partial charge in [0.25, 0.3) is 5.89 Å². The molecule has 7 nitrogen and oxygen atoms in total. The van der Waals surface area contributed by atoms with Gasteiger partial charge in [0.05, 0.1) is 23.1 Å². The van der Waals surface area contributed by atoms with E-state index in [4.69, 9.17) is 4.52 Å². The van der Waals surface area contributed by atoms with Gasteiger partial charge in [0, 0.05) is 23.8 Å². The SMILES string of the molecule is Cc1cccc(-c2nc(C(C)C)no2)c1NC(=O)/C=C/c1cnn(-c2ccccc2)c1. The molecule has 7 heteroatoms. The Morgan fingerprint density at radius 2 is 1.94 bits per heavy atom. The van der Waals surface area contributed by atoms with Crippen LogP contribution in [0.3, 0.4) is 0 Å². The first-order valence-corrected chi connectivity index (χ1v) is 10.0. The highest BCUT2D eigenvalue weighted by Crippen LogP contribution is 2.30. The fourth-order valence-corrected chi connectivity index (χ4v) is 3.07. The van der Waals surface area contributed by atoms with Crippen molar-refractivity contribution in [2.45, 2.75) is 26.7 Å². The molecule has 0 radical (unpaired) electrons. The standard InChI is InChI=1S/C24H23N5O2/c1-16(2)23-27-24(31-28-23)20-11-7-8-17(3)22(20)26-21(30)13-12-18-14-25-29(15-18)19-9-5-4-6-10-19/h4-16H,1-3H3,(H,26,30)/b13-12+. The zero-order chi connectivity index (χ0) is 21.8. The molecule has 2 aromatic heterocycles. The van der Waals surface area contributed by atoms with Crippen molar-refractivity contribution in [2.24, 2.45) is 0 Å². The molecule has 1 N–H and O–H groups in total. The van der Waals surface area contributed by atoms with Crippen LogP contribution in [-0.2, 0) is 4.79 Å². The Balaban J connectivity index is 1.52. The van der Waals surface area contributed by atoms with Crippen molar-refractivity contribution < 1.29 is 9.32 Å². The zero-order valence-corrected chi connectivity index (χ0v) is 17.6. The van der Waals surface area contributed by atoms with E-state index in [1.165, 1.54) is 6.08 Å². The molecule has 0 aliphatic rings. The lowest BCUT2D eigenvalue weighted by molar-refractivity contribution is -0.111. The molecule has 0 saturated carbocycles. The van der Waals surface area contributed by atoms with Gasteiger partial charge in [0.1, 0.15) is 0 Å². The monoisotopic (exact) mass is 413 g/mol. The van der Waals surface area contributed by atoms with Crippen LogP contribution in [0.25, 0.3) is 23.2 Å². The third kappa shape index (κ3) is 4.61. The van der Waals surface area contributed by atoms with E-state index >= 15 is 0 Å². The smallest absolute Gasteiger partial charge is 0.260 e. The van der Waals surface area contributed by atoms with Crippen LogP contribution in [-0.4, -0.2) is 25.8 Å². The predicted molar refractivity (Wildman–Crippen MR) is 120 cm³/mol.